The number of benzene rings is 1. The monoisotopic (exact) mass is 246 g/mol. The summed E-state index contributed by atoms with van der Waals surface area (Å²) in [7, 11) is 0. The molecule has 1 N–H and O–H groups in total. The van der Waals surface area contributed by atoms with E-state index in [4.69, 9.17) is 0 Å². The number of anilines is 1. The third-order valence-corrected chi connectivity index (χ3v) is 2.81. The van der Waals surface area contributed by atoms with Crippen LogP contribution >= 0.6 is 0 Å². The van der Waals surface area contributed by atoms with E-state index in [0.29, 0.717) is 0 Å². The summed E-state index contributed by atoms with van der Waals surface area (Å²) in [4.78, 5) is 10.9. The number of rotatable bonds is 3. The molecule has 1 aromatic rings. The summed E-state index contributed by atoms with van der Waals surface area (Å²) >= 11 is 0. The molecule has 5 nitrogen and oxygen atoms in total. The molecule has 0 unspecified atom stereocenters. The van der Waals surface area contributed by atoms with Crippen molar-refractivity contribution < 1.29 is 4.79 Å². The topological polar surface area (TPSA) is 57.1 Å². The molecular formula is C13H18N4O. The Morgan fingerprint density at radius 1 is 1.17 bits per heavy atom. The molecule has 0 saturated carbocycles. The molecule has 1 amide bonds. The standard InChI is InChI=1S/C13H18N4O/c1-11(18)14-12-5-7-13(8-6-12)15-16-17-9-3-2-4-10-17/h5-8H,2-4,9-10H2,1H3,(H,14,18). The Balaban J connectivity index is 1.92. The lowest BCUT2D eigenvalue weighted by Gasteiger charge is -2.21. The van der Waals surface area contributed by atoms with E-state index in [-0.39, 0.29) is 5.91 Å². The first-order valence-corrected chi connectivity index (χ1v) is 6.28. The van der Waals surface area contributed by atoms with Crippen molar-refractivity contribution >= 4 is 17.3 Å². The molecule has 96 valence electrons. The number of carbonyl (C=O) groups is 1. The molecule has 1 aromatic carbocycles. The van der Waals surface area contributed by atoms with Gasteiger partial charge in [-0.15, -0.1) is 5.11 Å². The van der Waals surface area contributed by atoms with Crippen LogP contribution in [-0.2, 0) is 4.79 Å². The maximum atomic E-state index is 10.9. The van der Waals surface area contributed by atoms with Gasteiger partial charge in [-0.3, -0.25) is 9.80 Å². The number of amides is 1. The summed E-state index contributed by atoms with van der Waals surface area (Å²) in [5.41, 5.74) is 1.58. The van der Waals surface area contributed by atoms with Crippen LogP contribution in [-0.4, -0.2) is 24.0 Å². The SMILES string of the molecule is CC(=O)Nc1ccc(N=NN2CCCCC2)cc1. The molecule has 1 aliphatic heterocycles. The fraction of sp³-hybridized carbons (Fsp3) is 0.462. The molecule has 1 fully saturated rings. The zero-order valence-corrected chi connectivity index (χ0v) is 10.6. The summed E-state index contributed by atoms with van der Waals surface area (Å²) < 4.78 is 0. The molecule has 1 aliphatic rings. The first-order chi connectivity index (χ1) is 8.74. The molecule has 1 heterocycles. The zero-order valence-electron chi connectivity index (χ0n) is 10.6. The first kappa shape index (κ1) is 12.5. The van der Waals surface area contributed by atoms with Crippen molar-refractivity contribution in [3.8, 4) is 0 Å². The van der Waals surface area contributed by atoms with Crippen LogP contribution in [0.25, 0.3) is 0 Å². The fourth-order valence-corrected chi connectivity index (χ4v) is 1.90. The molecule has 18 heavy (non-hydrogen) atoms. The van der Waals surface area contributed by atoms with Crippen LogP contribution in [0.5, 0.6) is 0 Å². The normalized spacial score (nSPS) is 15.9. The van der Waals surface area contributed by atoms with Gasteiger partial charge < -0.3 is 5.32 Å². The van der Waals surface area contributed by atoms with Crippen LogP contribution < -0.4 is 5.32 Å². The average molecular weight is 246 g/mol. The smallest absolute Gasteiger partial charge is 0.221 e. The minimum atomic E-state index is -0.0716. The van der Waals surface area contributed by atoms with Gasteiger partial charge in [0.2, 0.25) is 5.91 Å². The van der Waals surface area contributed by atoms with Gasteiger partial charge in [-0.1, -0.05) is 5.22 Å². The van der Waals surface area contributed by atoms with Crippen LogP contribution in [0.4, 0.5) is 11.4 Å². The Hall–Kier alpha value is -1.91. The van der Waals surface area contributed by atoms with Gasteiger partial charge in [0.1, 0.15) is 0 Å². The molecule has 1 saturated heterocycles. The van der Waals surface area contributed by atoms with Crippen LogP contribution in [0.1, 0.15) is 26.2 Å². The lowest BCUT2D eigenvalue weighted by Crippen LogP contribution is -2.23. The summed E-state index contributed by atoms with van der Waals surface area (Å²) in [6.07, 6.45) is 3.68. The highest BCUT2D eigenvalue weighted by Gasteiger charge is 2.06. The van der Waals surface area contributed by atoms with E-state index >= 15 is 0 Å². The first-order valence-electron chi connectivity index (χ1n) is 6.28. The lowest BCUT2D eigenvalue weighted by molar-refractivity contribution is -0.114. The number of hydrogen-bond donors (Lipinski definition) is 1. The summed E-state index contributed by atoms with van der Waals surface area (Å²) in [5.74, 6) is -0.0716. The minimum Gasteiger partial charge on any atom is -0.326 e. The van der Waals surface area contributed by atoms with Crippen molar-refractivity contribution in [3.05, 3.63) is 24.3 Å². The van der Waals surface area contributed by atoms with E-state index in [1.54, 1.807) is 0 Å². The Kier molecular flexibility index (Phi) is 4.28. The molecule has 0 atom stereocenters. The number of nitrogens with zero attached hydrogens (tertiary/aromatic N) is 3. The molecule has 0 aliphatic carbocycles. The van der Waals surface area contributed by atoms with Crippen LogP contribution in [0, 0.1) is 0 Å². The van der Waals surface area contributed by atoms with E-state index in [1.165, 1.54) is 26.2 Å². The third-order valence-electron chi connectivity index (χ3n) is 2.81. The highest BCUT2D eigenvalue weighted by molar-refractivity contribution is 5.88. The van der Waals surface area contributed by atoms with Gasteiger partial charge in [-0.25, -0.2) is 0 Å². The minimum absolute atomic E-state index is 0.0716. The Labute approximate surface area is 107 Å². The predicted molar refractivity (Wildman–Crippen MR) is 70.7 cm³/mol. The highest BCUT2D eigenvalue weighted by atomic mass is 16.1. The van der Waals surface area contributed by atoms with Gasteiger partial charge in [-0.2, -0.15) is 0 Å². The van der Waals surface area contributed by atoms with E-state index in [2.05, 4.69) is 15.7 Å². The Bertz CT molecular complexity index is 421. The van der Waals surface area contributed by atoms with Crippen molar-refractivity contribution in [2.24, 2.45) is 10.3 Å². The lowest BCUT2D eigenvalue weighted by atomic mass is 10.2. The van der Waals surface area contributed by atoms with Crippen molar-refractivity contribution in [2.75, 3.05) is 18.4 Å². The number of nitrogens with one attached hydrogen (secondary N) is 1. The number of hydrogen-bond acceptors (Lipinski definition) is 3. The highest BCUT2D eigenvalue weighted by Crippen LogP contribution is 2.18. The van der Waals surface area contributed by atoms with E-state index < -0.39 is 0 Å². The maximum absolute atomic E-state index is 10.9. The second-order valence-electron chi connectivity index (χ2n) is 4.43. The summed E-state index contributed by atoms with van der Waals surface area (Å²) in [6, 6.07) is 7.34. The number of piperidine rings is 1. The number of carbonyl (C=O) groups excluding carboxylic acids is 1. The van der Waals surface area contributed by atoms with E-state index in [1.807, 2.05) is 29.3 Å². The molecule has 5 heteroatoms. The van der Waals surface area contributed by atoms with Crippen molar-refractivity contribution in [1.82, 2.24) is 5.01 Å². The van der Waals surface area contributed by atoms with Gasteiger partial charge in [0.15, 0.2) is 0 Å². The molecule has 0 spiro atoms. The Morgan fingerprint density at radius 2 is 1.83 bits per heavy atom. The molecule has 0 radical (unpaired) electrons. The summed E-state index contributed by atoms with van der Waals surface area (Å²) in [6.45, 7) is 3.48. The van der Waals surface area contributed by atoms with Crippen LogP contribution in [0.15, 0.2) is 34.6 Å². The van der Waals surface area contributed by atoms with Crippen molar-refractivity contribution in [2.45, 2.75) is 26.2 Å². The second-order valence-corrected chi connectivity index (χ2v) is 4.43. The average Bonchev–Trinajstić information content (AvgIpc) is 2.38. The molecule has 0 aromatic heterocycles. The second kappa shape index (κ2) is 6.14. The fourth-order valence-electron chi connectivity index (χ4n) is 1.90. The van der Waals surface area contributed by atoms with Crippen LogP contribution in [0.2, 0.25) is 0 Å². The quantitative estimate of drug-likeness (QED) is 0.833. The third kappa shape index (κ3) is 3.84. The Morgan fingerprint density at radius 3 is 2.44 bits per heavy atom. The van der Waals surface area contributed by atoms with Gasteiger partial charge in [0, 0.05) is 25.7 Å². The largest absolute Gasteiger partial charge is 0.326 e. The van der Waals surface area contributed by atoms with Gasteiger partial charge >= 0.3 is 0 Å². The summed E-state index contributed by atoms with van der Waals surface area (Å²) in [5, 5.41) is 13.1. The molecule has 2 rings (SSSR count). The zero-order chi connectivity index (χ0) is 12.8. The van der Waals surface area contributed by atoms with E-state index in [0.717, 1.165) is 24.5 Å². The van der Waals surface area contributed by atoms with E-state index in [9.17, 15) is 4.79 Å². The predicted octanol–water partition coefficient (Wildman–Crippen LogP) is 3.13. The molecular weight excluding hydrogens is 228 g/mol. The van der Waals surface area contributed by atoms with Gasteiger partial charge in [0.05, 0.1) is 5.69 Å². The van der Waals surface area contributed by atoms with Crippen LogP contribution in [0.3, 0.4) is 0 Å². The van der Waals surface area contributed by atoms with Crippen molar-refractivity contribution in [3.63, 3.8) is 0 Å². The maximum Gasteiger partial charge on any atom is 0.221 e. The van der Waals surface area contributed by atoms with Gasteiger partial charge in [-0.05, 0) is 43.5 Å². The van der Waals surface area contributed by atoms with Crippen molar-refractivity contribution in [1.29, 1.82) is 0 Å². The molecule has 0 bridgehead atoms. The van der Waals surface area contributed by atoms with Gasteiger partial charge in [0.25, 0.3) is 0 Å².